The van der Waals surface area contributed by atoms with Crippen LogP contribution >= 0.6 is 0 Å². The molecule has 0 unspecified atom stereocenters. The van der Waals surface area contributed by atoms with Gasteiger partial charge in [0.1, 0.15) is 17.2 Å². The van der Waals surface area contributed by atoms with Gasteiger partial charge in [-0.2, -0.15) is 0 Å². The van der Waals surface area contributed by atoms with E-state index in [2.05, 4.69) is 35.3 Å². The Hall–Kier alpha value is -4.21. The molecule has 4 aromatic heterocycles. The van der Waals surface area contributed by atoms with E-state index in [1.165, 1.54) is 30.7 Å². The Balaban J connectivity index is 0.000000253. The van der Waals surface area contributed by atoms with E-state index in [1.807, 2.05) is 0 Å². The molecule has 0 atom stereocenters. The van der Waals surface area contributed by atoms with Crippen molar-refractivity contribution in [1.29, 1.82) is 0 Å². The topological polar surface area (TPSA) is 151 Å². The number of hydrogen-bond donors (Lipinski definition) is 3. The van der Waals surface area contributed by atoms with Crippen LogP contribution in [0.3, 0.4) is 0 Å². The third-order valence-corrected chi connectivity index (χ3v) is 3.12. The fourth-order valence-electron chi connectivity index (χ4n) is 1.91. The molecule has 27 heavy (non-hydrogen) atoms. The molecule has 10 nitrogen and oxygen atoms in total. The van der Waals surface area contributed by atoms with Gasteiger partial charge in [-0.3, -0.25) is 4.98 Å². The predicted octanol–water partition coefficient (Wildman–Crippen LogP) is 1.59. The smallest absolute Gasteiger partial charge is 0.225 e. The highest BCUT2D eigenvalue weighted by Crippen LogP contribution is 2.24. The second-order valence-corrected chi connectivity index (χ2v) is 5.00. The van der Waals surface area contributed by atoms with Crippen molar-refractivity contribution in [2.24, 2.45) is 0 Å². The minimum atomic E-state index is -0.0652. The molecule has 0 aromatic carbocycles. The van der Waals surface area contributed by atoms with Gasteiger partial charge in [0.25, 0.3) is 0 Å². The van der Waals surface area contributed by atoms with E-state index in [0.717, 1.165) is 0 Å². The quantitative estimate of drug-likeness (QED) is 0.479. The van der Waals surface area contributed by atoms with E-state index in [4.69, 9.17) is 5.11 Å². The summed E-state index contributed by atoms with van der Waals surface area (Å²) in [5.41, 5.74) is 0.369. The molecular formula is C17H13N7O3. The molecule has 3 N–H and O–H groups in total. The monoisotopic (exact) mass is 363 g/mol. The first-order chi connectivity index (χ1) is 13.1. The summed E-state index contributed by atoms with van der Waals surface area (Å²) >= 11 is 0. The van der Waals surface area contributed by atoms with Crippen LogP contribution in [-0.4, -0.2) is 50.7 Å². The number of hydrogen-bond acceptors (Lipinski definition) is 10. The average Bonchev–Trinajstić information content (AvgIpc) is 2.70. The van der Waals surface area contributed by atoms with Gasteiger partial charge >= 0.3 is 0 Å². The van der Waals surface area contributed by atoms with Gasteiger partial charge in [0.15, 0.2) is 11.4 Å². The summed E-state index contributed by atoms with van der Waals surface area (Å²) in [6.45, 7) is 0. The maximum atomic E-state index is 9.64. The summed E-state index contributed by atoms with van der Waals surface area (Å²) in [5.74, 6) is 0.251. The van der Waals surface area contributed by atoms with Crippen molar-refractivity contribution in [2.75, 3.05) is 0 Å². The van der Waals surface area contributed by atoms with E-state index >= 15 is 0 Å². The number of aromatic hydroxyl groups is 3. The third kappa shape index (κ3) is 4.45. The van der Waals surface area contributed by atoms with Crippen molar-refractivity contribution < 1.29 is 15.3 Å². The number of aromatic nitrogens is 7. The molecular weight excluding hydrogens is 350 g/mol. The van der Waals surface area contributed by atoms with Gasteiger partial charge in [-0.05, 0) is 36.4 Å². The van der Waals surface area contributed by atoms with Crippen LogP contribution in [0.15, 0.2) is 61.2 Å². The summed E-state index contributed by atoms with van der Waals surface area (Å²) in [6, 6.07) is 9.34. The number of pyridine rings is 3. The maximum absolute atomic E-state index is 9.64. The summed E-state index contributed by atoms with van der Waals surface area (Å²) in [4.78, 5) is 11.5. The highest BCUT2D eigenvalue weighted by Gasteiger charge is 2.13. The molecule has 134 valence electrons. The zero-order valence-corrected chi connectivity index (χ0v) is 13.7. The summed E-state index contributed by atoms with van der Waals surface area (Å²) in [6.07, 6.45) is 5.99. The first-order valence-corrected chi connectivity index (χ1v) is 7.60. The molecule has 10 heteroatoms. The third-order valence-electron chi connectivity index (χ3n) is 3.12. The minimum absolute atomic E-state index is 0.0652. The van der Waals surface area contributed by atoms with Crippen molar-refractivity contribution in [2.45, 2.75) is 0 Å². The van der Waals surface area contributed by atoms with Crippen LogP contribution in [0.5, 0.6) is 17.2 Å². The maximum Gasteiger partial charge on any atom is 0.225 e. The lowest BCUT2D eigenvalue weighted by Crippen LogP contribution is -2.01. The second kappa shape index (κ2) is 8.25. The van der Waals surface area contributed by atoms with E-state index < -0.39 is 0 Å². The lowest BCUT2D eigenvalue weighted by Gasteiger charge is -2.02. The van der Waals surface area contributed by atoms with Crippen LogP contribution in [0.2, 0.25) is 0 Å². The van der Waals surface area contributed by atoms with Gasteiger partial charge in [-0.25, -0.2) is 9.97 Å². The number of nitrogens with zero attached hydrogens (tertiary/aromatic N) is 7. The highest BCUT2D eigenvalue weighted by molar-refractivity contribution is 5.59. The van der Waals surface area contributed by atoms with Crippen LogP contribution in [-0.2, 0) is 0 Å². The lowest BCUT2D eigenvalue weighted by molar-refractivity contribution is 0.472. The fourth-order valence-corrected chi connectivity index (χ4v) is 1.91. The first kappa shape index (κ1) is 17.6. The van der Waals surface area contributed by atoms with Crippen LogP contribution in [0.25, 0.3) is 23.0 Å². The average molecular weight is 363 g/mol. The van der Waals surface area contributed by atoms with Crippen LogP contribution in [0.1, 0.15) is 0 Å². The van der Waals surface area contributed by atoms with E-state index in [1.54, 1.807) is 30.5 Å². The molecule has 0 aliphatic carbocycles. The molecule has 0 aliphatic heterocycles. The van der Waals surface area contributed by atoms with Crippen molar-refractivity contribution in [1.82, 2.24) is 35.3 Å². The van der Waals surface area contributed by atoms with Gasteiger partial charge < -0.3 is 15.3 Å². The molecule has 4 aromatic rings. The summed E-state index contributed by atoms with van der Waals surface area (Å²) < 4.78 is 0. The van der Waals surface area contributed by atoms with Gasteiger partial charge in [0.2, 0.25) is 11.6 Å². The second-order valence-electron chi connectivity index (χ2n) is 5.00. The van der Waals surface area contributed by atoms with Gasteiger partial charge in [0, 0.05) is 18.6 Å². The molecule has 4 rings (SSSR count). The standard InChI is InChI=1S/C12H8N6O2.C5H5NO/c19-7-3-1-5-13-9(7)11-15-17-12(18-16-11)10-8(20)4-2-6-14-10;7-5-2-1-3-6-4-5/h1-6,19-20H;1-4,7H. The summed E-state index contributed by atoms with van der Waals surface area (Å²) in [7, 11) is 0. The van der Waals surface area contributed by atoms with Crippen LogP contribution in [0, 0.1) is 0 Å². The highest BCUT2D eigenvalue weighted by atomic mass is 16.3. The SMILES string of the molecule is Oc1cccnc1.Oc1cccnc1-c1nnc(-c2ncccc2O)nn1. The Labute approximate surface area is 152 Å². The van der Waals surface area contributed by atoms with Crippen LogP contribution in [0.4, 0.5) is 0 Å². The molecule has 0 fully saturated rings. The Morgan fingerprint density at radius 3 is 1.41 bits per heavy atom. The van der Waals surface area contributed by atoms with Gasteiger partial charge in [0.05, 0.1) is 6.20 Å². The zero-order chi connectivity index (χ0) is 19.1. The molecule has 0 saturated heterocycles. The summed E-state index contributed by atoms with van der Waals surface area (Å²) in [5, 5.41) is 43.2. The van der Waals surface area contributed by atoms with Gasteiger partial charge in [-0.15, -0.1) is 20.4 Å². The molecule has 0 bridgehead atoms. The Kier molecular flexibility index (Phi) is 5.38. The van der Waals surface area contributed by atoms with E-state index in [0.29, 0.717) is 0 Å². The van der Waals surface area contributed by atoms with Crippen molar-refractivity contribution in [3.8, 4) is 40.3 Å². The molecule has 0 saturated carbocycles. The molecule has 4 heterocycles. The zero-order valence-electron chi connectivity index (χ0n) is 13.7. The van der Waals surface area contributed by atoms with Crippen molar-refractivity contribution in [3.05, 3.63) is 61.2 Å². The molecule has 0 spiro atoms. The Bertz CT molecular complexity index is 950. The largest absolute Gasteiger partial charge is 0.506 e. The Morgan fingerprint density at radius 2 is 1.07 bits per heavy atom. The van der Waals surface area contributed by atoms with Crippen molar-refractivity contribution >= 4 is 0 Å². The molecule has 0 radical (unpaired) electrons. The molecule has 0 aliphatic rings. The van der Waals surface area contributed by atoms with E-state index in [-0.39, 0.29) is 40.3 Å². The van der Waals surface area contributed by atoms with E-state index in [9.17, 15) is 10.2 Å². The van der Waals surface area contributed by atoms with Crippen molar-refractivity contribution in [3.63, 3.8) is 0 Å². The Morgan fingerprint density at radius 1 is 0.593 bits per heavy atom. The fraction of sp³-hybridized carbons (Fsp3) is 0. The number of rotatable bonds is 2. The van der Waals surface area contributed by atoms with Crippen LogP contribution < -0.4 is 0 Å². The lowest BCUT2D eigenvalue weighted by atomic mass is 10.3. The molecule has 0 amide bonds. The normalized spacial score (nSPS) is 9.93. The van der Waals surface area contributed by atoms with Gasteiger partial charge in [-0.1, -0.05) is 0 Å². The minimum Gasteiger partial charge on any atom is -0.506 e. The predicted molar refractivity (Wildman–Crippen MR) is 93.3 cm³/mol. The first-order valence-electron chi connectivity index (χ1n) is 7.60.